The number of aryl methyl sites for hydroxylation is 4. The SMILES string of the molecule is Cc1cccc(Cc2cc(C)nc(C3CCCN(S(=O)(=O)c4c(C)noc4C)C3)c2)c1. The van der Waals surface area contributed by atoms with Crippen molar-refractivity contribution in [3.05, 3.63) is 75.9 Å². The topological polar surface area (TPSA) is 76.3 Å². The highest BCUT2D eigenvalue weighted by Crippen LogP contribution is 2.32. The van der Waals surface area contributed by atoms with Crippen molar-refractivity contribution in [2.45, 2.75) is 57.8 Å². The first kappa shape index (κ1) is 21.7. The molecule has 0 spiro atoms. The lowest BCUT2D eigenvalue weighted by Crippen LogP contribution is -2.39. The number of hydrogen-bond acceptors (Lipinski definition) is 5. The van der Waals surface area contributed by atoms with Crippen molar-refractivity contribution in [1.82, 2.24) is 14.4 Å². The van der Waals surface area contributed by atoms with E-state index in [1.54, 1.807) is 18.2 Å². The summed E-state index contributed by atoms with van der Waals surface area (Å²) in [6.07, 6.45) is 2.57. The maximum absolute atomic E-state index is 13.3. The molecule has 1 saturated heterocycles. The Bertz CT molecular complexity index is 1180. The first-order chi connectivity index (χ1) is 14.7. The first-order valence-electron chi connectivity index (χ1n) is 10.7. The first-order valence-corrected chi connectivity index (χ1v) is 12.1. The number of piperidine rings is 1. The van der Waals surface area contributed by atoms with Crippen LogP contribution in [-0.2, 0) is 16.4 Å². The molecule has 1 aliphatic heterocycles. The Kier molecular flexibility index (Phi) is 5.99. The molecule has 0 saturated carbocycles. The van der Waals surface area contributed by atoms with Gasteiger partial charge in [0.25, 0.3) is 0 Å². The van der Waals surface area contributed by atoms with E-state index in [4.69, 9.17) is 9.51 Å². The molecule has 3 heterocycles. The number of hydrogen-bond donors (Lipinski definition) is 0. The van der Waals surface area contributed by atoms with Gasteiger partial charge in [0.05, 0.1) is 0 Å². The van der Waals surface area contributed by atoms with E-state index in [0.717, 1.165) is 30.7 Å². The second-order valence-corrected chi connectivity index (χ2v) is 10.4. The van der Waals surface area contributed by atoms with Crippen LogP contribution in [0.15, 0.2) is 45.8 Å². The lowest BCUT2D eigenvalue weighted by atomic mass is 9.93. The molecule has 7 heteroatoms. The van der Waals surface area contributed by atoms with Crippen molar-refractivity contribution >= 4 is 10.0 Å². The minimum absolute atomic E-state index is 0.0696. The fourth-order valence-electron chi connectivity index (χ4n) is 4.51. The zero-order valence-electron chi connectivity index (χ0n) is 18.6. The third-order valence-electron chi connectivity index (χ3n) is 5.89. The largest absolute Gasteiger partial charge is 0.360 e. The Morgan fingerprint density at radius 3 is 2.61 bits per heavy atom. The third kappa shape index (κ3) is 4.57. The van der Waals surface area contributed by atoms with Crippen molar-refractivity contribution in [3.63, 3.8) is 0 Å². The van der Waals surface area contributed by atoms with E-state index in [1.165, 1.54) is 16.7 Å². The molecule has 3 aromatic rings. The molecule has 164 valence electrons. The molecular formula is C24H29N3O3S. The maximum atomic E-state index is 13.3. The molecule has 1 fully saturated rings. The highest BCUT2D eigenvalue weighted by atomic mass is 32.2. The molecular weight excluding hydrogens is 410 g/mol. The average Bonchev–Trinajstić information content (AvgIpc) is 3.06. The summed E-state index contributed by atoms with van der Waals surface area (Å²) in [5, 5.41) is 3.83. The molecule has 4 rings (SSSR count). The van der Waals surface area contributed by atoms with Crippen LogP contribution in [-0.4, -0.2) is 36.0 Å². The Balaban J connectivity index is 1.59. The van der Waals surface area contributed by atoms with Crippen molar-refractivity contribution in [2.75, 3.05) is 13.1 Å². The molecule has 2 aromatic heterocycles. The normalized spacial score (nSPS) is 17.7. The average molecular weight is 440 g/mol. The molecule has 0 bridgehead atoms. The van der Waals surface area contributed by atoms with Crippen molar-refractivity contribution in [3.8, 4) is 0 Å². The molecule has 0 N–H and O–H groups in total. The van der Waals surface area contributed by atoms with E-state index in [9.17, 15) is 8.42 Å². The molecule has 0 amide bonds. The zero-order valence-corrected chi connectivity index (χ0v) is 19.4. The summed E-state index contributed by atoms with van der Waals surface area (Å²) < 4.78 is 33.2. The highest BCUT2D eigenvalue weighted by molar-refractivity contribution is 7.89. The molecule has 1 atom stereocenters. The van der Waals surface area contributed by atoms with Crippen LogP contribution in [0.5, 0.6) is 0 Å². The molecule has 1 aromatic carbocycles. The van der Waals surface area contributed by atoms with E-state index in [1.807, 2.05) is 6.92 Å². The standard InChI is InChI=1S/C24H29N3O3S/c1-16-7-5-8-20(11-16)13-21-12-17(2)25-23(14-21)22-9-6-10-27(15-22)31(28,29)24-18(3)26-30-19(24)4/h5,7-8,11-12,14,22H,6,9-10,13,15H2,1-4H3. The number of pyridine rings is 1. The van der Waals surface area contributed by atoms with Crippen molar-refractivity contribution in [2.24, 2.45) is 0 Å². The smallest absolute Gasteiger partial charge is 0.248 e. The molecule has 1 aliphatic rings. The highest BCUT2D eigenvalue weighted by Gasteiger charge is 2.35. The van der Waals surface area contributed by atoms with Crippen LogP contribution in [0.1, 0.15) is 58.3 Å². The monoisotopic (exact) mass is 439 g/mol. The number of rotatable bonds is 5. The lowest BCUT2D eigenvalue weighted by molar-refractivity contribution is 0.311. The minimum atomic E-state index is -3.65. The predicted octanol–water partition coefficient (Wildman–Crippen LogP) is 4.46. The second kappa shape index (κ2) is 8.55. The molecule has 0 radical (unpaired) electrons. The van der Waals surface area contributed by atoms with Crippen LogP contribution >= 0.6 is 0 Å². The lowest BCUT2D eigenvalue weighted by Gasteiger charge is -2.31. The number of benzene rings is 1. The van der Waals surface area contributed by atoms with Crippen LogP contribution in [0.4, 0.5) is 0 Å². The van der Waals surface area contributed by atoms with Gasteiger partial charge in [-0.25, -0.2) is 8.42 Å². The van der Waals surface area contributed by atoms with Gasteiger partial charge in [0.2, 0.25) is 10.0 Å². The Hall–Kier alpha value is -2.51. The maximum Gasteiger partial charge on any atom is 0.248 e. The molecule has 0 aliphatic carbocycles. The van der Waals surface area contributed by atoms with Gasteiger partial charge in [0.15, 0.2) is 5.76 Å². The second-order valence-electron chi connectivity index (χ2n) is 8.56. The van der Waals surface area contributed by atoms with Gasteiger partial charge in [-0.1, -0.05) is 35.0 Å². The summed E-state index contributed by atoms with van der Waals surface area (Å²) in [4.78, 5) is 4.98. The van der Waals surface area contributed by atoms with Crippen LogP contribution in [0.25, 0.3) is 0 Å². The van der Waals surface area contributed by atoms with Gasteiger partial charge in [-0.2, -0.15) is 4.31 Å². The van der Waals surface area contributed by atoms with Crippen LogP contribution < -0.4 is 0 Å². The number of nitrogens with zero attached hydrogens (tertiary/aromatic N) is 3. The number of aromatic nitrogens is 2. The molecule has 1 unspecified atom stereocenters. The van der Waals surface area contributed by atoms with Crippen LogP contribution in [0.2, 0.25) is 0 Å². The van der Waals surface area contributed by atoms with E-state index in [2.05, 4.69) is 48.5 Å². The van der Waals surface area contributed by atoms with Crippen LogP contribution in [0, 0.1) is 27.7 Å². The quantitative estimate of drug-likeness (QED) is 0.587. The summed E-state index contributed by atoms with van der Waals surface area (Å²) in [7, 11) is -3.65. The fraction of sp³-hybridized carbons (Fsp3) is 0.417. The van der Waals surface area contributed by atoms with Gasteiger partial charge in [0.1, 0.15) is 10.6 Å². The Morgan fingerprint density at radius 2 is 1.90 bits per heavy atom. The van der Waals surface area contributed by atoms with E-state index in [-0.39, 0.29) is 10.8 Å². The van der Waals surface area contributed by atoms with Gasteiger partial charge < -0.3 is 4.52 Å². The predicted molar refractivity (Wildman–Crippen MR) is 120 cm³/mol. The summed E-state index contributed by atoms with van der Waals surface area (Å²) >= 11 is 0. The van der Waals surface area contributed by atoms with Gasteiger partial charge in [-0.15, -0.1) is 0 Å². The summed E-state index contributed by atoms with van der Waals surface area (Å²) in [5.74, 6) is 0.411. The molecule has 31 heavy (non-hydrogen) atoms. The van der Waals surface area contributed by atoms with Gasteiger partial charge in [-0.05, 0) is 70.2 Å². The number of sulfonamides is 1. The third-order valence-corrected chi connectivity index (χ3v) is 8.00. The summed E-state index contributed by atoms with van der Waals surface area (Å²) in [6.45, 7) is 8.35. The van der Waals surface area contributed by atoms with Crippen molar-refractivity contribution in [1.29, 1.82) is 0 Å². The van der Waals surface area contributed by atoms with Gasteiger partial charge in [0, 0.05) is 30.4 Å². The Labute approximate surface area is 184 Å². The fourth-order valence-corrected chi connectivity index (χ4v) is 6.33. The minimum Gasteiger partial charge on any atom is -0.360 e. The zero-order chi connectivity index (χ0) is 22.2. The summed E-state index contributed by atoms with van der Waals surface area (Å²) in [6, 6.07) is 12.8. The van der Waals surface area contributed by atoms with E-state index < -0.39 is 10.0 Å². The molecule has 6 nitrogen and oxygen atoms in total. The van der Waals surface area contributed by atoms with E-state index >= 15 is 0 Å². The van der Waals surface area contributed by atoms with Crippen LogP contribution in [0.3, 0.4) is 0 Å². The van der Waals surface area contributed by atoms with E-state index in [0.29, 0.717) is 24.5 Å². The van der Waals surface area contributed by atoms with Gasteiger partial charge >= 0.3 is 0 Å². The Morgan fingerprint density at radius 1 is 1.10 bits per heavy atom. The van der Waals surface area contributed by atoms with Gasteiger partial charge in [-0.3, -0.25) is 4.98 Å². The summed E-state index contributed by atoms with van der Waals surface area (Å²) in [5.41, 5.74) is 6.07. The van der Waals surface area contributed by atoms with Crippen molar-refractivity contribution < 1.29 is 12.9 Å².